The smallest absolute Gasteiger partial charge is 0.232 e. The van der Waals surface area contributed by atoms with Crippen LogP contribution >= 0.6 is 10.7 Å². The molecule has 0 aromatic heterocycles. The zero-order valence-electron chi connectivity index (χ0n) is 9.36. The maximum Gasteiger partial charge on any atom is 0.232 e. The molecular formula is C10H19ClO4S. The van der Waals surface area contributed by atoms with Gasteiger partial charge in [0.25, 0.3) is 0 Å². The maximum absolute atomic E-state index is 10.6. The van der Waals surface area contributed by atoms with Crippen LogP contribution in [0.2, 0.25) is 0 Å². The molecule has 6 heteroatoms. The molecule has 0 amide bonds. The van der Waals surface area contributed by atoms with Crippen molar-refractivity contribution in [2.75, 3.05) is 25.6 Å². The Balaban J connectivity index is 1.77. The van der Waals surface area contributed by atoms with Crippen LogP contribution in [-0.2, 0) is 18.5 Å². The van der Waals surface area contributed by atoms with E-state index in [0.717, 1.165) is 6.42 Å². The summed E-state index contributed by atoms with van der Waals surface area (Å²) >= 11 is 0. The molecule has 0 unspecified atom stereocenters. The Morgan fingerprint density at radius 1 is 1.12 bits per heavy atom. The van der Waals surface area contributed by atoms with E-state index in [2.05, 4.69) is 0 Å². The van der Waals surface area contributed by atoms with Crippen molar-refractivity contribution < 1.29 is 17.9 Å². The number of halogens is 1. The van der Waals surface area contributed by atoms with Crippen LogP contribution in [0, 0.1) is 0 Å². The Morgan fingerprint density at radius 2 is 1.88 bits per heavy atom. The number of hydrogen-bond acceptors (Lipinski definition) is 4. The van der Waals surface area contributed by atoms with E-state index in [0.29, 0.717) is 32.3 Å². The summed E-state index contributed by atoms with van der Waals surface area (Å²) in [5, 5.41) is 0. The van der Waals surface area contributed by atoms with Gasteiger partial charge in [-0.3, -0.25) is 0 Å². The number of rotatable bonds is 9. The van der Waals surface area contributed by atoms with Crippen LogP contribution in [0.1, 0.15) is 32.1 Å². The standard InChI is InChI=1S/C10H19ClO4S/c11-16(12,13)9-2-1-6-14-7-8-15-10-4-3-5-10/h10H,1-9H2. The highest BCUT2D eigenvalue weighted by Crippen LogP contribution is 2.21. The van der Waals surface area contributed by atoms with Gasteiger partial charge >= 0.3 is 0 Å². The van der Waals surface area contributed by atoms with Gasteiger partial charge in [-0.1, -0.05) is 0 Å². The molecule has 0 spiro atoms. The first-order valence-electron chi connectivity index (χ1n) is 5.69. The van der Waals surface area contributed by atoms with Crippen LogP contribution in [-0.4, -0.2) is 40.1 Å². The molecule has 1 saturated carbocycles. The summed E-state index contributed by atoms with van der Waals surface area (Å²) in [5.74, 6) is 0.0243. The van der Waals surface area contributed by atoms with Gasteiger partial charge in [0.05, 0.1) is 25.1 Å². The number of ether oxygens (including phenoxy) is 2. The van der Waals surface area contributed by atoms with Gasteiger partial charge in [-0.05, 0) is 32.1 Å². The Bertz CT molecular complexity index is 275. The van der Waals surface area contributed by atoms with Crippen molar-refractivity contribution in [3.63, 3.8) is 0 Å². The summed E-state index contributed by atoms with van der Waals surface area (Å²) in [5.41, 5.74) is 0. The molecule has 0 saturated heterocycles. The van der Waals surface area contributed by atoms with E-state index in [-0.39, 0.29) is 5.75 Å². The predicted molar refractivity (Wildman–Crippen MR) is 63.3 cm³/mol. The van der Waals surface area contributed by atoms with Gasteiger partial charge < -0.3 is 9.47 Å². The van der Waals surface area contributed by atoms with Crippen molar-refractivity contribution in [2.24, 2.45) is 0 Å². The lowest BCUT2D eigenvalue weighted by Crippen LogP contribution is -2.23. The third kappa shape index (κ3) is 7.44. The molecule has 0 bridgehead atoms. The second-order valence-electron chi connectivity index (χ2n) is 3.99. The summed E-state index contributed by atoms with van der Waals surface area (Å²) in [7, 11) is 1.73. The third-order valence-electron chi connectivity index (χ3n) is 2.56. The largest absolute Gasteiger partial charge is 0.379 e. The highest BCUT2D eigenvalue weighted by molar-refractivity contribution is 8.13. The lowest BCUT2D eigenvalue weighted by molar-refractivity contribution is -0.0289. The molecule has 0 heterocycles. The summed E-state index contributed by atoms with van der Waals surface area (Å²) in [6, 6.07) is 0. The second-order valence-corrected chi connectivity index (χ2v) is 6.88. The first-order valence-corrected chi connectivity index (χ1v) is 8.17. The van der Waals surface area contributed by atoms with Crippen LogP contribution in [0.5, 0.6) is 0 Å². The molecule has 1 aliphatic carbocycles. The topological polar surface area (TPSA) is 52.6 Å². The fraction of sp³-hybridized carbons (Fsp3) is 1.00. The molecule has 4 nitrogen and oxygen atoms in total. The van der Waals surface area contributed by atoms with E-state index in [9.17, 15) is 8.42 Å². The summed E-state index contributed by atoms with van der Waals surface area (Å²) in [6.45, 7) is 1.79. The summed E-state index contributed by atoms with van der Waals surface area (Å²) in [6.07, 6.45) is 5.34. The van der Waals surface area contributed by atoms with Crippen LogP contribution in [0.15, 0.2) is 0 Å². The molecule has 1 rings (SSSR count). The monoisotopic (exact) mass is 270 g/mol. The van der Waals surface area contributed by atoms with Gasteiger partial charge in [0, 0.05) is 17.3 Å². The minimum absolute atomic E-state index is 0.0243. The van der Waals surface area contributed by atoms with Crippen LogP contribution in [0.4, 0.5) is 0 Å². The van der Waals surface area contributed by atoms with Gasteiger partial charge in [-0.15, -0.1) is 0 Å². The molecule has 0 aliphatic heterocycles. The first kappa shape index (κ1) is 14.2. The molecule has 1 fully saturated rings. The average molecular weight is 271 g/mol. The van der Waals surface area contributed by atoms with Gasteiger partial charge in [0.15, 0.2) is 0 Å². The highest BCUT2D eigenvalue weighted by Gasteiger charge is 2.17. The zero-order chi connectivity index (χ0) is 11.9. The molecule has 1 aliphatic rings. The van der Waals surface area contributed by atoms with Crippen LogP contribution in [0.3, 0.4) is 0 Å². The van der Waals surface area contributed by atoms with Crippen molar-refractivity contribution in [3.05, 3.63) is 0 Å². The molecule has 0 N–H and O–H groups in total. The zero-order valence-corrected chi connectivity index (χ0v) is 10.9. The minimum Gasteiger partial charge on any atom is -0.379 e. The average Bonchev–Trinajstić information content (AvgIpc) is 2.10. The Hall–Kier alpha value is 0.160. The Morgan fingerprint density at radius 3 is 2.44 bits per heavy atom. The third-order valence-corrected chi connectivity index (χ3v) is 3.80. The lowest BCUT2D eigenvalue weighted by Gasteiger charge is -2.25. The predicted octanol–water partition coefficient (Wildman–Crippen LogP) is 1.92. The summed E-state index contributed by atoms with van der Waals surface area (Å²) < 4.78 is 32.0. The molecule has 96 valence electrons. The van der Waals surface area contributed by atoms with Gasteiger partial charge in [-0.25, -0.2) is 8.42 Å². The van der Waals surface area contributed by atoms with E-state index < -0.39 is 9.05 Å². The van der Waals surface area contributed by atoms with Crippen molar-refractivity contribution in [3.8, 4) is 0 Å². The van der Waals surface area contributed by atoms with E-state index >= 15 is 0 Å². The van der Waals surface area contributed by atoms with Gasteiger partial charge in [-0.2, -0.15) is 0 Å². The van der Waals surface area contributed by atoms with E-state index in [4.69, 9.17) is 20.2 Å². The number of hydrogen-bond donors (Lipinski definition) is 0. The SMILES string of the molecule is O=S(=O)(Cl)CCCCOCCOC1CCC1. The Labute approximate surface area is 102 Å². The van der Waals surface area contributed by atoms with E-state index in [1.807, 2.05) is 0 Å². The Kier molecular flexibility index (Phi) is 6.65. The molecule has 16 heavy (non-hydrogen) atoms. The molecule has 0 radical (unpaired) electrons. The quantitative estimate of drug-likeness (QED) is 0.474. The highest BCUT2D eigenvalue weighted by atomic mass is 35.7. The fourth-order valence-corrected chi connectivity index (χ4v) is 2.27. The van der Waals surface area contributed by atoms with Crippen molar-refractivity contribution in [2.45, 2.75) is 38.2 Å². The van der Waals surface area contributed by atoms with Crippen molar-refractivity contribution >= 4 is 19.7 Å². The second kappa shape index (κ2) is 7.48. The van der Waals surface area contributed by atoms with Crippen molar-refractivity contribution in [1.82, 2.24) is 0 Å². The lowest BCUT2D eigenvalue weighted by atomic mass is 9.96. The normalized spacial score (nSPS) is 17.3. The van der Waals surface area contributed by atoms with Gasteiger partial charge in [0.2, 0.25) is 9.05 Å². The fourth-order valence-electron chi connectivity index (χ4n) is 1.39. The van der Waals surface area contributed by atoms with Crippen LogP contribution < -0.4 is 0 Å². The van der Waals surface area contributed by atoms with E-state index in [1.54, 1.807) is 0 Å². The summed E-state index contributed by atoms with van der Waals surface area (Å²) in [4.78, 5) is 0. The van der Waals surface area contributed by atoms with Crippen molar-refractivity contribution in [1.29, 1.82) is 0 Å². The van der Waals surface area contributed by atoms with Crippen LogP contribution in [0.25, 0.3) is 0 Å². The van der Waals surface area contributed by atoms with Gasteiger partial charge in [0.1, 0.15) is 0 Å². The first-order chi connectivity index (χ1) is 7.58. The number of unbranched alkanes of at least 4 members (excludes halogenated alkanes) is 1. The van der Waals surface area contributed by atoms with E-state index in [1.165, 1.54) is 19.3 Å². The molecule has 0 atom stereocenters. The minimum atomic E-state index is -3.34. The molecule has 0 aromatic rings. The molecule has 0 aromatic carbocycles. The maximum atomic E-state index is 10.6. The molecular weight excluding hydrogens is 252 g/mol.